The van der Waals surface area contributed by atoms with Crippen LogP contribution >= 0.6 is 0 Å². The summed E-state index contributed by atoms with van der Waals surface area (Å²) in [6.07, 6.45) is 15.3. The molecule has 0 aromatic carbocycles. The largest absolute Gasteiger partial charge is 0.314 e. The minimum absolute atomic E-state index is 0.711. The predicted octanol–water partition coefficient (Wildman–Crippen LogP) is 5.93. The van der Waals surface area contributed by atoms with Crippen LogP contribution in [0.3, 0.4) is 0 Å². The zero-order valence-electron chi connectivity index (χ0n) is 14.1. The van der Waals surface area contributed by atoms with Crippen LogP contribution in [0.1, 0.15) is 98.3 Å². The Bertz CT molecular complexity index is 167. The van der Waals surface area contributed by atoms with E-state index in [4.69, 9.17) is 0 Å². The van der Waals surface area contributed by atoms with Gasteiger partial charge in [-0.1, -0.05) is 72.1 Å². The van der Waals surface area contributed by atoms with Gasteiger partial charge in [-0.25, -0.2) is 0 Å². The number of rotatable bonds is 14. The van der Waals surface area contributed by atoms with Crippen molar-refractivity contribution in [3.8, 4) is 0 Å². The molecular weight excluding hydrogens is 230 g/mol. The molecule has 1 nitrogen and oxygen atoms in total. The van der Waals surface area contributed by atoms with Gasteiger partial charge in [0.1, 0.15) is 0 Å². The molecule has 1 heteroatoms. The van der Waals surface area contributed by atoms with E-state index in [9.17, 15) is 0 Å². The van der Waals surface area contributed by atoms with E-state index in [0.717, 1.165) is 5.92 Å². The number of hydrogen-bond donors (Lipinski definition) is 1. The van der Waals surface area contributed by atoms with Crippen molar-refractivity contribution in [2.45, 2.75) is 104 Å². The first-order valence-electron chi connectivity index (χ1n) is 8.97. The van der Waals surface area contributed by atoms with Crippen LogP contribution in [-0.2, 0) is 0 Å². The van der Waals surface area contributed by atoms with Crippen LogP contribution in [-0.4, -0.2) is 12.6 Å². The van der Waals surface area contributed by atoms with E-state index in [-0.39, 0.29) is 0 Å². The fourth-order valence-electron chi connectivity index (χ4n) is 2.79. The SMILES string of the molecule is CCCCCCC(C)NCC(CCC)CCCCC. The fourth-order valence-corrected chi connectivity index (χ4v) is 2.79. The lowest BCUT2D eigenvalue weighted by molar-refractivity contribution is 0.368. The third-order valence-corrected chi connectivity index (χ3v) is 4.16. The van der Waals surface area contributed by atoms with Crippen molar-refractivity contribution in [1.82, 2.24) is 5.32 Å². The standard InChI is InChI=1S/C18H39N/c1-5-8-10-12-14-17(4)19-16-18(13-7-3)15-11-9-6-2/h17-19H,5-16H2,1-4H3. The van der Waals surface area contributed by atoms with Crippen molar-refractivity contribution in [3.63, 3.8) is 0 Å². The van der Waals surface area contributed by atoms with Crippen LogP contribution in [0, 0.1) is 5.92 Å². The average Bonchev–Trinajstić information content (AvgIpc) is 2.41. The summed E-state index contributed by atoms with van der Waals surface area (Å²) in [5.74, 6) is 0.912. The second-order valence-electron chi connectivity index (χ2n) is 6.31. The zero-order valence-corrected chi connectivity index (χ0v) is 14.1. The summed E-state index contributed by atoms with van der Waals surface area (Å²) in [4.78, 5) is 0. The van der Waals surface area contributed by atoms with Gasteiger partial charge in [0.05, 0.1) is 0 Å². The highest BCUT2D eigenvalue weighted by atomic mass is 14.9. The van der Waals surface area contributed by atoms with Gasteiger partial charge >= 0.3 is 0 Å². The summed E-state index contributed by atoms with van der Waals surface area (Å²) in [6, 6.07) is 0.711. The molecule has 0 radical (unpaired) electrons. The minimum atomic E-state index is 0.711. The summed E-state index contributed by atoms with van der Waals surface area (Å²) in [6.45, 7) is 10.5. The highest BCUT2D eigenvalue weighted by molar-refractivity contribution is 4.67. The molecule has 0 aliphatic heterocycles. The van der Waals surface area contributed by atoms with Crippen molar-refractivity contribution >= 4 is 0 Å². The quantitative estimate of drug-likeness (QED) is 0.385. The Morgan fingerprint density at radius 2 is 1.32 bits per heavy atom. The first-order chi connectivity index (χ1) is 9.24. The molecule has 0 heterocycles. The summed E-state index contributed by atoms with van der Waals surface area (Å²) in [7, 11) is 0. The van der Waals surface area contributed by atoms with Crippen molar-refractivity contribution in [1.29, 1.82) is 0 Å². The number of nitrogens with one attached hydrogen (secondary N) is 1. The van der Waals surface area contributed by atoms with E-state index in [0.29, 0.717) is 6.04 Å². The van der Waals surface area contributed by atoms with Crippen molar-refractivity contribution < 1.29 is 0 Å². The smallest absolute Gasteiger partial charge is 0.00388 e. The molecule has 0 spiro atoms. The molecule has 0 bridgehead atoms. The summed E-state index contributed by atoms with van der Waals surface area (Å²) in [5.41, 5.74) is 0. The molecule has 0 aliphatic carbocycles. The fraction of sp³-hybridized carbons (Fsp3) is 1.00. The maximum atomic E-state index is 3.77. The van der Waals surface area contributed by atoms with Crippen molar-refractivity contribution in [2.24, 2.45) is 5.92 Å². The van der Waals surface area contributed by atoms with Crippen LogP contribution in [0.4, 0.5) is 0 Å². The second-order valence-corrected chi connectivity index (χ2v) is 6.31. The third kappa shape index (κ3) is 12.7. The second kappa shape index (κ2) is 14.4. The Balaban J connectivity index is 3.64. The summed E-state index contributed by atoms with van der Waals surface area (Å²) < 4.78 is 0. The molecule has 116 valence electrons. The maximum absolute atomic E-state index is 3.77. The normalized spacial score (nSPS) is 14.5. The Morgan fingerprint density at radius 1 is 0.684 bits per heavy atom. The molecule has 0 amide bonds. The van der Waals surface area contributed by atoms with Gasteiger partial charge in [-0.05, 0) is 38.6 Å². The minimum Gasteiger partial charge on any atom is -0.314 e. The molecular formula is C18H39N. The molecule has 0 saturated heterocycles. The van der Waals surface area contributed by atoms with Crippen molar-refractivity contribution in [3.05, 3.63) is 0 Å². The molecule has 19 heavy (non-hydrogen) atoms. The molecule has 0 rings (SSSR count). The number of hydrogen-bond acceptors (Lipinski definition) is 1. The molecule has 0 aliphatic rings. The van der Waals surface area contributed by atoms with Gasteiger partial charge in [0.25, 0.3) is 0 Å². The first-order valence-corrected chi connectivity index (χ1v) is 8.97. The Kier molecular flexibility index (Phi) is 14.3. The van der Waals surface area contributed by atoms with E-state index >= 15 is 0 Å². The van der Waals surface area contributed by atoms with E-state index < -0.39 is 0 Å². The van der Waals surface area contributed by atoms with Gasteiger partial charge in [-0.2, -0.15) is 0 Å². The van der Waals surface area contributed by atoms with Crippen LogP contribution < -0.4 is 5.32 Å². The predicted molar refractivity (Wildman–Crippen MR) is 88.8 cm³/mol. The highest BCUT2D eigenvalue weighted by Gasteiger charge is 2.09. The highest BCUT2D eigenvalue weighted by Crippen LogP contribution is 2.15. The third-order valence-electron chi connectivity index (χ3n) is 4.16. The van der Waals surface area contributed by atoms with Gasteiger partial charge < -0.3 is 5.32 Å². The van der Waals surface area contributed by atoms with Gasteiger partial charge in [0, 0.05) is 6.04 Å². The van der Waals surface area contributed by atoms with Crippen LogP contribution in [0.15, 0.2) is 0 Å². The van der Waals surface area contributed by atoms with Gasteiger partial charge in [0.15, 0.2) is 0 Å². The van der Waals surface area contributed by atoms with E-state index in [1.54, 1.807) is 0 Å². The molecule has 0 fully saturated rings. The molecule has 2 atom stereocenters. The van der Waals surface area contributed by atoms with Gasteiger partial charge in [-0.15, -0.1) is 0 Å². The van der Waals surface area contributed by atoms with E-state index in [1.807, 2.05) is 0 Å². The Hall–Kier alpha value is -0.0400. The van der Waals surface area contributed by atoms with Gasteiger partial charge in [-0.3, -0.25) is 0 Å². The lowest BCUT2D eigenvalue weighted by atomic mass is 9.96. The van der Waals surface area contributed by atoms with Crippen LogP contribution in [0.25, 0.3) is 0 Å². The van der Waals surface area contributed by atoms with Crippen LogP contribution in [0.5, 0.6) is 0 Å². The topological polar surface area (TPSA) is 12.0 Å². The maximum Gasteiger partial charge on any atom is 0.00388 e. The van der Waals surface area contributed by atoms with E-state index in [1.165, 1.54) is 77.2 Å². The first kappa shape index (κ1) is 19.0. The lowest BCUT2D eigenvalue weighted by Crippen LogP contribution is -2.31. The van der Waals surface area contributed by atoms with Crippen LogP contribution in [0.2, 0.25) is 0 Å². The molecule has 2 unspecified atom stereocenters. The molecule has 0 aromatic heterocycles. The number of unbranched alkanes of at least 4 members (excludes halogenated alkanes) is 5. The Labute approximate surface area is 122 Å². The summed E-state index contributed by atoms with van der Waals surface area (Å²) in [5, 5.41) is 3.77. The molecule has 0 aromatic rings. The van der Waals surface area contributed by atoms with E-state index in [2.05, 4.69) is 33.0 Å². The Morgan fingerprint density at radius 3 is 1.95 bits per heavy atom. The molecule has 1 N–H and O–H groups in total. The monoisotopic (exact) mass is 269 g/mol. The van der Waals surface area contributed by atoms with Crippen molar-refractivity contribution in [2.75, 3.05) is 6.54 Å². The average molecular weight is 270 g/mol. The van der Waals surface area contributed by atoms with Gasteiger partial charge in [0.2, 0.25) is 0 Å². The molecule has 0 saturated carbocycles. The summed E-state index contributed by atoms with van der Waals surface area (Å²) >= 11 is 0. The lowest BCUT2D eigenvalue weighted by Gasteiger charge is -2.20. The zero-order chi connectivity index (χ0) is 14.3.